The van der Waals surface area contributed by atoms with Crippen LogP contribution in [0.3, 0.4) is 0 Å². The maximum absolute atomic E-state index is 12.6. The minimum absolute atomic E-state index is 0.0724. The summed E-state index contributed by atoms with van der Waals surface area (Å²) in [6.07, 6.45) is 3.67. The maximum atomic E-state index is 12.6. The Morgan fingerprint density at radius 3 is 2.83 bits per heavy atom. The first-order valence-electron chi connectivity index (χ1n) is 9.91. The highest BCUT2D eigenvalue weighted by atomic mass is 16.7. The van der Waals surface area contributed by atoms with Gasteiger partial charge in [0.2, 0.25) is 6.79 Å². The summed E-state index contributed by atoms with van der Waals surface area (Å²) in [6.45, 7) is 5.69. The van der Waals surface area contributed by atoms with Gasteiger partial charge in [0, 0.05) is 35.8 Å². The van der Waals surface area contributed by atoms with Crippen LogP contribution in [0.2, 0.25) is 0 Å². The summed E-state index contributed by atoms with van der Waals surface area (Å²) in [4.78, 5) is 12.6. The zero-order chi connectivity index (χ0) is 21.1. The minimum Gasteiger partial charge on any atom is -0.454 e. The minimum atomic E-state index is -0.407. The largest absolute Gasteiger partial charge is 0.454 e. The van der Waals surface area contributed by atoms with Gasteiger partial charge in [-0.05, 0) is 35.8 Å². The molecule has 0 fully saturated rings. The molecule has 3 aromatic rings. The number of amides is 1. The molecule has 0 atom stereocenters. The van der Waals surface area contributed by atoms with Crippen molar-refractivity contribution >= 4 is 22.9 Å². The van der Waals surface area contributed by atoms with Crippen LogP contribution in [-0.4, -0.2) is 17.3 Å². The lowest BCUT2D eigenvalue weighted by atomic mass is 10.1. The molecular weight excluding hydrogens is 378 g/mol. The van der Waals surface area contributed by atoms with Gasteiger partial charge in [-0.2, -0.15) is 5.26 Å². The van der Waals surface area contributed by atoms with Crippen molar-refractivity contribution in [1.82, 2.24) is 9.88 Å². The zero-order valence-corrected chi connectivity index (χ0v) is 17.0. The normalized spacial score (nSPS) is 12.9. The lowest BCUT2D eigenvalue weighted by molar-refractivity contribution is -0.117. The molecule has 6 heteroatoms. The molecular formula is C24H23N3O3. The number of nitriles is 1. The standard InChI is InChI=1S/C24H23N3O3/c1-16(2)13-27-14-19(20-5-3-4-6-21(20)27)10-18(11-25)24(28)26-12-17-7-8-22-23(9-17)30-15-29-22/h3-10,14,16H,12-13,15H2,1-2H3,(H,26,28)/b18-10+. The van der Waals surface area contributed by atoms with Crippen molar-refractivity contribution in [2.75, 3.05) is 6.79 Å². The number of carbonyl (C=O) groups is 1. The van der Waals surface area contributed by atoms with Crippen molar-refractivity contribution in [3.8, 4) is 17.6 Å². The van der Waals surface area contributed by atoms with Gasteiger partial charge in [0.25, 0.3) is 5.91 Å². The number of aromatic nitrogens is 1. The molecule has 0 radical (unpaired) electrons. The Labute approximate surface area is 175 Å². The van der Waals surface area contributed by atoms with Gasteiger partial charge in [0.1, 0.15) is 11.6 Å². The Morgan fingerprint density at radius 1 is 1.23 bits per heavy atom. The molecule has 1 aliphatic heterocycles. The van der Waals surface area contributed by atoms with E-state index in [1.807, 2.05) is 48.7 Å². The van der Waals surface area contributed by atoms with E-state index in [1.165, 1.54) is 0 Å². The average Bonchev–Trinajstić information content (AvgIpc) is 3.34. The molecule has 30 heavy (non-hydrogen) atoms. The van der Waals surface area contributed by atoms with E-state index in [9.17, 15) is 10.1 Å². The zero-order valence-electron chi connectivity index (χ0n) is 17.0. The van der Waals surface area contributed by atoms with Crippen LogP contribution in [0.1, 0.15) is 25.0 Å². The van der Waals surface area contributed by atoms with Crippen molar-refractivity contribution in [3.05, 3.63) is 65.4 Å². The van der Waals surface area contributed by atoms with Crippen LogP contribution in [0.25, 0.3) is 17.0 Å². The number of nitrogens with zero attached hydrogens (tertiary/aromatic N) is 2. The van der Waals surface area contributed by atoms with Crippen molar-refractivity contribution in [2.45, 2.75) is 26.9 Å². The highest BCUT2D eigenvalue weighted by Crippen LogP contribution is 2.32. The number of para-hydroxylation sites is 1. The first kappa shape index (κ1) is 19.6. The molecule has 2 heterocycles. The van der Waals surface area contributed by atoms with Crippen LogP contribution in [-0.2, 0) is 17.9 Å². The number of rotatable bonds is 6. The second kappa shape index (κ2) is 8.34. The van der Waals surface area contributed by atoms with Gasteiger partial charge in [-0.25, -0.2) is 0 Å². The number of carbonyl (C=O) groups excluding carboxylic acids is 1. The molecule has 0 aliphatic carbocycles. The number of nitrogens with one attached hydrogen (secondary N) is 1. The fourth-order valence-corrected chi connectivity index (χ4v) is 3.57. The van der Waals surface area contributed by atoms with E-state index in [4.69, 9.17) is 9.47 Å². The molecule has 152 valence electrons. The highest BCUT2D eigenvalue weighted by molar-refractivity contribution is 6.04. The topological polar surface area (TPSA) is 76.3 Å². The van der Waals surface area contributed by atoms with Crippen molar-refractivity contribution in [1.29, 1.82) is 5.26 Å². The van der Waals surface area contributed by atoms with Gasteiger partial charge in [-0.3, -0.25) is 4.79 Å². The van der Waals surface area contributed by atoms with E-state index in [0.29, 0.717) is 24.0 Å². The third-order valence-corrected chi connectivity index (χ3v) is 4.94. The van der Waals surface area contributed by atoms with Crippen molar-refractivity contribution in [3.63, 3.8) is 0 Å². The van der Waals surface area contributed by atoms with E-state index in [0.717, 1.165) is 28.6 Å². The Balaban J connectivity index is 1.55. The first-order valence-corrected chi connectivity index (χ1v) is 9.91. The Kier molecular flexibility index (Phi) is 5.44. The molecule has 6 nitrogen and oxygen atoms in total. The first-order chi connectivity index (χ1) is 14.5. The molecule has 1 amide bonds. The fraction of sp³-hybridized carbons (Fsp3) is 0.250. The molecule has 0 unspecified atom stereocenters. The lowest BCUT2D eigenvalue weighted by Crippen LogP contribution is -2.23. The lowest BCUT2D eigenvalue weighted by Gasteiger charge is -2.07. The molecule has 1 N–H and O–H groups in total. The predicted molar refractivity (Wildman–Crippen MR) is 115 cm³/mol. The summed E-state index contributed by atoms with van der Waals surface area (Å²) >= 11 is 0. The van der Waals surface area contributed by atoms with E-state index in [1.54, 1.807) is 6.08 Å². The Hall–Kier alpha value is -3.72. The molecule has 4 rings (SSSR count). The Morgan fingerprint density at radius 2 is 2.03 bits per heavy atom. The molecule has 0 saturated heterocycles. The number of benzene rings is 2. The summed E-state index contributed by atoms with van der Waals surface area (Å²) in [5, 5.41) is 13.4. The summed E-state index contributed by atoms with van der Waals surface area (Å²) in [5.41, 5.74) is 2.90. The molecule has 0 spiro atoms. The molecule has 1 aromatic heterocycles. The predicted octanol–water partition coefficient (Wildman–Crippen LogP) is 4.25. The summed E-state index contributed by atoms with van der Waals surface area (Å²) in [5.74, 6) is 1.44. The summed E-state index contributed by atoms with van der Waals surface area (Å²) in [7, 11) is 0. The SMILES string of the molecule is CC(C)Cn1cc(/C=C(\C#N)C(=O)NCc2ccc3c(c2)OCO3)c2ccccc21. The van der Waals surface area contributed by atoms with Gasteiger partial charge in [0.05, 0.1) is 0 Å². The van der Waals surface area contributed by atoms with E-state index >= 15 is 0 Å². The van der Waals surface area contributed by atoms with Gasteiger partial charge < -0.3 is 19.4 Å². The average molecular weight is 401 g/mol. The number of hydrogen-bond donors (Lipinski definition) is 1. The third kappa shape index (κ3) is 4.01. The quantitative estimate of drug-likeness (QED) is 0.495. The molecule has 2 aromatic carbocycles. The monoisotopic (exact) mass is 401 g/mol. The van der Waals surface area contributed by atoms with E-state index < -0.39 is 5.91 Å². The van der Waals surface area contributed by atoms with Gasteiger partial charge in [0.15, 0.2) is 11.5 Å². The van der Waals surface area contributed by atoms with Gasteiger partial charge in [-0.15, -0.1) is 0 Å². The van der Waals surface area contributed by atoms with Gasteiger partial charge in [-0.1, -0.05) is 38.1 Å². The highest BCUT2D eigenvalue weighted by Gasteiger charge is 2.15. The van der Waals surface area contributed by atoms with Crippen LogP contribution in [0.4, 0.5) is 0 Å². The number of hydrogen-bond acceptors (Lipinski definition) is 4. The second-order valence-corrected chi connectivity index (χ2v) is 7.69. The summed E-state index contributed by atoms with van der Waals surface area (Å²) < 4.78 is 12.8. The van der Waals surface area contributed by atoms with E-state index in [-0.39, 0.29) is 12.4 Å². The van der Waals surface area contributed by atoms with E-state index in [2.05, 4.69) is 29.8 Å². The molecule has 0 bridgehead atoms. The van der Waals surface area contributed by atoms with Crippen LogP contribution in [0, 0.1) is 17.2 Å². The maximum Gasteiger partial charge on any atom is 0.262 e. The van der Waals surface area contributed by atoms with Crippen molar-refractivity contribution in [2.24, 2.45) is 5.92 Å². The number of fused-ring (bicyclic) bond motifs is 2. The van der Waals surface area contributed by atoms with Crippen LogP contribution in [0.15, 0.2) is 54.2 Å². The van der Waals surface area contributed by atoms with Crippen LogP contribution >= 0.6 is 0 Å². The smallest absolute Gasteiger partial charge is 0.262 e. The fourth-order valence-electron chi connectivity index (χ4n) is 3.57. The Bertz CT molecular complexity index is 1170. The third-order valence-electron chi connectivity index (χ3n) is 4.94. The molecule has 1 aliphatic rings. The summed E-state index contributed by atoms with van der Waals surface area (Å²) in [6, 6.07) is 15.6. The second-order valence-electron chi connectivity index (χ2n) is 7.69. The number of ether oxygens (including phenoxy) is 2. The molecule has 0 saturated carbocycles. The van der Waals surface area contributed by atoms with Crippen LogP contribution in [0.5, 0.6) is 11.5 Å². The van der Waals surface area contributed by atoms with Crippen molar-refractivity contribution < 1.29 is 14.3 Å². The van der Waals surface area contributed by atoms with Crippen LogP contribution < -0.4 is 14.8 Å². The van der Waals surface area contributed by atoms with Gasteiger partial charge >= 0.3 is 0 Å².